The van der Waals surface area contributed by atoms with Crippen molar-refractivity contribution in [2.45, 2.75) is 88.5 Å². The minimum atomic E-state index is -0.566. The number of amides is 2. The molecule has 0 saturated heterocycles. The van der Waals surface area contributed by atoms with Gasteiger partial charge in [-0.15, -0.1) is 0 Å². The van der Waals surface area contributed by atoms with Gasteiger partial charge >= 0.3 is 0 Å². The monoisotopic (exact) mass is 478 g/mol. The SMILES string of the molecule is CCCCCC1NC(=O)[C@@H](NC(=O)C(S)C2CCCCC2)Cc2ccc(-c3ccccc3)cc21. The predicted molar refractivity (Wildman–Crippen MR) is 142 cm³/mol. The van der Waals surface area contributed by atoms with E-state index in [1.807, 2.05) is 18.2 Å². The highest BCUT2D eigenvalue weighted by atomic mass is 32.1. The van der Waals surface area contributed by atoms with E-state index in [-0.39, 0.29) is 23.1 Å². The maximum Gasteiger partial charge on any atom is 0.243 e. The zero-order valence-corrected chi connectivity index (χ0v) is 21.2. The molecule has 2 amide bonds. The van der Waals surface area contributed by atoms with Crippen molar-refractivity contribution in [2.75, 3.05) is 0 Å². The molecule has 1 aliphatic carbocycles. The molecule has 2 aliphatic rings. The molecule has 1 fully saturated rings. The Morgan fingerprint density at radius 1 is 1.06 bits per heavy atom. The number of rotatable bonds is 8. The van der Waals surface area contributed by atoms with Crippen LogP contribution in [0.2, 0.25) is 0 Å². The quantitative estimate of drug-likeness (QED) is 0.321. The van der Waals surface area contributed by atoms with Crippen LogP contribution in [0.15, 0.2) is 48.5 Å². The molecule has 2 aromatic carbocycles. The lowest BCUT2D eigenvalue weighted by molar-refractivity contribution is -0.129. The maximum absolute atomic E-state index is 13.3. The zero-order chi connectivity index (χ0) is 23.9. The van der Waals surface area contributed by atoms with Gasteiger partial charge in [-0.05, 0) is 53.5 Å². The van der Waals surface area contributed by atoms with Gasteiger partial charge in [-0.2, -0.15) is 12.6 Å². The molecule has 4 rings (SSSR count). The molecule has 5 heteroatoms. The molecule has 2 N–H and O–H groups in total. The van der Waals surface area contributed by atoms with E-state index in [1.165, 1.54) is 17.5 Å². The van der Waals surface area contributed by atoms with Crippen LogP contribution in [0.3, 0.4) is 0 Å². The second-order valence-corrected chi connectivity index (χ2v) is 10.5. The minimum Gasteiger partial charge on any atom is -0.347 e. The number of unbranched alkanes of at least 4 members (excludes halogenated alkanes) is 2. The molecular weight excluding hydrogens is 440 g/mol. The predicted octanol–water partition coefficient (Wildman–Crippen LogP) is 6.01. The van der Waals surface area contributed by atoms with Gasteiger partial charge in [0.1, 0.15) is 6.04 Å². The van der Waals surface area contributed by atoms with E-state index in [4.69, 9.17) is 0 Å². The van der Waals surface area contributed by atoms with Crippen LogP contribution < -0.4 is 10.6 Å². The van der Waals surface area contributed by atoms with E-state index in [0.717, 1.165) is 62.5 Å². The summed E-state index contributed by atoms with van der Waals surface area (Å²) in [6.07, 6.45) is 10.4. The van der Waals surface area contributed by atoms with Gasteiger partial charge in [0.05, 0.1) is 11.3 Å². The third kappa shape index (κ3) is 6.04. The Labute approximate surface area is 209 Å². The third-order valence-electron chi connectivity index (χ3n) is 7.46. The molecule has 0 radical (unpaired) electrons. The molecule has 0 aromatic heterocycles. The Bertz CT molecular complexity index is 971. The van der Waals surface area contributed by atoms with Crippen LogP contribution in [-0.2, 0) is 16.0 Å². The average Bonchev–Trinajstić information content (AvgIpc) is 3.00. The maximum atomic E-state index is 13.3. The fourth-order valence-corrected chi connectivity index (χ4v) is 5.81. The van der Waals surface area contributed by atoms with Crippen LogP contribution in [0.5, 0.6) is 0 Å². The highest BCUT2D eigenvalue weighted by Crippen LogP contribution is 2.32. The van der Waals surface area contributed by atoms with E-state index in [9.17, 15) is 9.59 Å². The standard InChI is InChI=1S/C29H38N2O2S/c1-2-3-6-15-25-24-18-22(20-11-7-4-8-12-20)16-17-23(24)19-26(28(32)30-25)31-29(33)27(34)21-13-9-5-10-14-21/h4,7-8,11-12,16-18,21,25-27,34H,2-3,5-6,9-10,13-15,19H2,1H3,(H,30,32)(H,31,33)/t25?,26-,27?/m0/s1. The van der Waals surface area contributed by atoms with Crippen LogP contribution in [0.1, 0.15) is 81.9 Å². The molecule has 1 aliphatic heterocycles. The van der Waals surface area contributed by atoms with Gasteiger partial charge in [0.15, 0.2) is 0 Å². The summed E-state index contributed by atoms with van der Waals surface area (Å²) in [5.41, 5.74) is 4.64. The second-order valence-electron chi connectivity index (χ2n) is 9.94. The Morgan fingerprint density at radius 2 is 1.82 bits per heavy atom. The van der Waals surface area contributed by atoms with Crippen molar-refractivity contribution >= 4 is 24.4 Å². The largest absolute Gasteiger partial charge is 0.347 e. The summed E-state index contributed by atoms with van der Waals surface area (Å²) < 4.78 is 0. The van der Waals surface area contributed by atoms with E-state index in [1.54, 1.807) is 0 Å². The van der Waals surface area contributed by atoms with Gasteiger partial charge in [-0.3, -0.25) is 9.59 Å². The molecule has 0 spiro atoms. The van der Waals surface area contributed by atoms with Crippen LogP contribution >= 0.6 is 12.6 Å². The minimum absolute atomic E-state index is 0.0373. The first-order valence-electron chi connectivity index (χ1n) is 13.0. The molecule has 1 saturated carbocycles. The highest BCUT2D eigenvalue weighted by Gasteiger charge is 2.33. The average molecular weight is 479 g/mol. The number of benzene rings is 2. The number of hydrogen-bond acceptors (Lipinski definition) is 3. The lowest BCUT2D eigenvalue weighted by Crippen LogP contribution is -2.50. The summed E-state index contributed by atoms with van der Waals surface area (Å²) in [6, 6.07) is 16.3. The fourth-order valence-electron chi connectivity index (χ4n) is 5.44. The highest BCUT2D eigenvalue weighted by molar-refractivity contribution is 7.81. The molecule has 0 bridgehead atoms. The van der Waals surface area contributed by atoms with E-state index >= 15 is 0 Å². The number of carbonyl (C=O) groups excluding carboxylic acids is 2. The second kappa shape index (κ2) is 11.9. The third-order valence-corrected chi connectivity index (χ3v) is 8.12. The lowest BCUT2D eigenvalue weighted by Gasteiger charge is -2.27. The first-order chi connectivity index (χ1) is 16.6. The molecule has 2 aromatic rings. The fraction of sp³-hybridized carbons (Fsp3) is 0.517. The van der Waals surface area contributed by atoms with Gasteiger partial charge < -0.3 is 10.6 Å². The van der Waals surface area contributed by atoms with Gasteiger partial charge in [0, 0.05) is 6.42 Å². The first-order valence-corrected chi connectivity index (χ1v) is 13.6. The van der Waals surface area contributed by atoms with Gasteiger partial charge in [-0.1, -0.05) is 87.9 Å². The number of fused-ring (bicyclic) bond motifs is 1. The Morgan fingerprint density at radius 3 is 2.56 bits per heavy atom. The van der Waals surface area contributed by atoms with Crippen LogP contribution in [-0.4, -0.2) is 23.1 Å². The normalized spacial score (nSPS) is 21.8. The first kappa shape index (κ1) is 24.8. The molecule has 4 nitrogen and oxygen atoms in total. The van der Waals surface area contributed by atoms with Gasteiger partial charge in [-0.25, -0.2) is 0 Å². The van der Waals surface area contributed by atoms with Crippen molar-refractivity contribution in [1.82, 2.24) is 10.6 Å². The number of carbonyl (C=O) groups is 2. The van der Waals surface area contributed by atoms with Crippen molar-refractivity contribution in [1.29, 1.82) is 0 Å². The Hall–Kier alpha value is -2.27. The number of hydrogen-bond donors (Lipinski definition) is 3. The Balaban J connectivity index is 1.56. The summed E-state index contributed by atoms with van der Waals surface area (Å²) in [6.45, 7) is 2.19. The van der Waals surface area contributed by atoms with Crippen molar-refractivity contribution in [3.8, 4) is 11.1 Å². The van der Waals surface area contributed by atoms with Gasteiger partial charge in [0.2, 0.25) is 11.8 Å². The molecular formula is C29H38N2O2S. The van der Waals surface area contributed by atoms with Crippen molar-refractivity contribution in [3.63, 3.8) is 0 Å². The van der Waals surface area contributed by atoms with Crippen molar-refractivity contribution < 1.29 is 9.59 Å². The van der Waals surface area contributed by atoms with Gasteiger partial charge in [0.25, 0.3) is 0 Å². The smallest absolute Gasteiger partial charge is 0.243 e. The molecule has 3 atom stereocenters. The van der Waals surface area contributed by atoms with Crippen LogP contribution in [0.25, 0.3) is 11.1 Å². The zero-order valence-electron chi connectivity index (χ0n) is 20.3. The summed E-state index contributed by atoms with van der Waals surface area (Å²) in [5.74, 6) is 0.104. The molecule has 2 unspecified atom stereocenters. The van der Waals surface area contributed by atoms with Crippen molar-refractivity contribution in [2.24, 2.45) is 5.92 Å². The lowest BCUT2D eigenvalue weighted by atomic mass is 9.86. The molecule has 1 heterocycles. The summed E-state index contributed by atoms with van der Waals surface area (Å²) >= 11 is 4.66. The summed E-state index contributed by atoms with van der Waals surface area (Å²) in [4.78, 5) is 26.3. The van der Waals surface area contributed by atoms with Crippen LogP contribution in [0, 0.1) is 5.92 Å². The number of nitrogens with one attached hydrogen (secondary N) is 2. The van der Waals surface area contributed by atoms with E-state index in [0.29, 0.717) is 12.3 Å². The summed E-state index contributed by atoms with van der Waals surface area (Å²) in [5, 5.41) is 5.97. The van der Waals surface area contributed by atoms with Crippen molar-refractivity contribution in [3.05, 3.63) is 59.7 Å². The van der Waals surface area contributed by atoms with E-state index in [2.05, 4.69) is 60.5 Å². The van der Waals surface area contributed by atoms with Crippen LogP contribution in [0.4, 0.5) is 0 Å². The summed E-state index contributed by atoms with van der Waals surface area (Å²) in [7, 11) is 0. The Kier molecular flexibility index (Phi) is 8.71. The molecule has 182 valence electrons. The molecule has 34 heavy (non-hydrogen) atoms. The van der Waals surface area contributed by atoms with E-state index < -0.39 is 6.04 Å². The topological polar surface area (TPSA) is 58.2 Å². The number of thiol groups is 1.